The summed E-state index contributed by atoms with van der Waals surface area (Å²) in [5.41, 5.74) is -0.628. The zero-order chi connectivity index (χ0) is 18.3. The van der Waals surface area contributed by atoms with E-state index in [9.17, 15) is 9.59 Å². The van der Waals surface area contributed by atoms with Gasteiger partial charge in [-0.1, -0.05) is 0 Å². The van der Waals surface area contributed by atoms with Crippen LogP contribution < -0.4 is 16.0 Å². The third-order valence-corrected chi connectivity index (χ3v) is 5.14. The van der Waals surface area contributed by atoms with E-state index in [2.05, 4.69) is 39.6 Å². The molecule has 7 nitrogen and oxygen atoms in total. The summed E-state index contributed by atoms with van der Waals surface area (Å²) in [5.74, 6) is -0.0692. The number of hydrogen-bond acceptors (Lipinski definition) is 5. The first-order chi connectivity index (χ1) is 11.2. The summed E-state index contributed by atoms with van der Waals surface area (Å²) in [6, 6.07) is 0.525. The number of carbonyl (C=O) groups excluding carboxylic acids is 2. The van der Waals surface area contributed by atoms with Gasteiger partial charge >= 0.3 is 0 Å². The summed E-state index contributed by atoms with van der Waals surface area (Å²) in [5, 5.41) is 9.22. The molecule has 3 unspecified atom stereocenters. The molecule has 0 aromatic carbocycles. The molecule has 1 aliphatic rings. The molecule has 3 atom stereocenters. The van der Waals surface area contributed by atoms with E-state index in [0.29, 0.717) is 26.1 Å². The summed E-state index contributed by atoms with van der Waals surface area (Å²) >= 11 is 0. The molecule has 3 N–H and O–H groups in total. The van der Waals surface area contributed by atoms with Crippen molar-refractivity contribution in [3.63, 3.8) is 0 Å². The lowest BCUT2D eigenvalue weighted by Gasteiger charge is -2.29. The van der Waals surface area contributed by atoms with E-state index in [1.54, 1.807) is 0 Å². The Morgan fingerprint density at radius 2 is 1.44 bits per heavy atom. The van der Waals surface area contributed by atoms with Crippen molar-refractivity contribution in [2.45, 2.75) is 38.8 Å². The van der Waals surface area contributed by atoms with Gasteiger partial charge in [0.15, 0.2) is 0 Å². The highest BCUT2D eigenvalue weighted by Crippen LogP contribution is 2.30. The van der Waals surface area contributed by atoms with Crippen molar-refractivity contribution < 1.29 is 9.59 Å². The van der Waals surface area contributed by atoms with Gasteiger partial charge in [-0.15, -0.1) is 37.2 Å². The van der Waals surface area contributed by atoms with Crippen molar-refractivity contribution in [3.8, 4) is 0 Å². The molecule has 1 heterocycles. The van der Waals surface area contributed by atoms with Crippen LogP contribution in [0.1, 0.15) is 26.7 Å². The quantitative estimate of drug-likeness (QED) is 0.483. The fraction of sp³-hybridized carbons (Fsp3) is 0.882. The first kappa shape index (κ1) is 31.4. The Kier molecular flexibility index (Phi) is 17.0. The number of likely N-dealkylation sites (N-methyl/N-ethyl adjacent to an activating group) is 2. The Morgan fingerprint density at radius 3 is 1.85 bits per heavy atom. The molecule has 0 aliphatic carbocycles. The van der Waals surface area contributed by atoms with Crippen molar-refractivity contribution >= 4 is 49.0 Å². The van der Waals surface area contributed by atoms with E-state index in [-0.39, 0.29) is 67.5 Å². The first-order valence-electron chi connectivity index (χ1n) is 8.76. The molecular weight excluding hydrogens is 413 g/mol. The molecule has 0 bridgehead atoms. The second-order valence-electron chi connectivity index (χ2n) is 7.52. The van der Waals surface area contributed by atoms with Gasteiger partial charge in [-0.2, -0.15) is 0 Å². The number of carbonyl (C=O) groups is 2. The lowest BCUT2D eigenvalue weighted by atomic mass is 9.82. The highest BCUT2D eigenvalue weighted by atomic mass is 35.5. The smallest absolute Gasteiger partial charge is 0.228 e. The second-order valence-corrected chi connectivity index (χ2v) is 7.52. The summed E-state index contributed by atoms with van der Waals surface area (Å²) in [6.45, 7) is 6.64. The molecule has 10 heteroatoms. The maximum Gasteiger partial charge on any atom is 0.228 e. The van der Waals surface area contributed by atoms with Gasteiger partial charge < -0.3 is 25.8 Å². The Bertz CT molecular complexity index is 433. The molecule has 0 radical (unpaired) electrons. The molecule has 1 saturated heterocycles. The number of hydrogen-bond donors (Lipinski definition) is 3. The Hall–Kier alpha value is -0.310. The maximum atomic E-state index is 12.7. The lowest BCUT2D eigenvalue weighted by Crippen LogP contribution is -2.49. The monoisotopic (exact) mass is 449 g/mol. The topological polar surface area (TPSA) is 76.7 Å². The van der Waals surface area contributed by atoms with Gasteiger partial charge in [-0.3, -0.25) is 9.59 Å². The lowest BCUT2D eigenvalue weighted by molar-refractivity contribution is -0.135. The van der Waals surface area contributed by atoms with Crippen LogP contribution in [0, 0.1) is 5.41 Å². The highest BCUT2D eigenvalue weighted by Gasteiger charge is 2.42. The summed E-state index contributed by atoms with van der Waals surface area (Å²) < 4.78 is 0. The van der Waals surface area contributed by atoms with Crippen LogP contribution in [0.25, 0.3) is 0 Å². The van der Waals surface area contributed by atoms with Gasteiger partial charge in [-0.05, 0) is 55.0 Å². The van der Waals surface area contributed by atoms with Crippen LogP contribution in [0.2, 0.25) is 0 Å². The normalized spacial score (nSPS) is 20.7. The largest absolute Gasteiger partial charge is 0.355 e. The van der Waals surface area contributed by atoms with Crippen LogP contribution in [-0.4, -0.2) is 88.1 Å². The second kappa shape index (κ2) is 14.7. The summed E-state index contributed by atoms with van der Waals surface area (Å²) in [6.07, 6.45) is 0.939. The molecule has 0 aromatic heterocycles. The molecule has 27 heavy (non-hydrogen) atoms. The van der Waals surface area contributed by atoms with Gasteiger partial charge in [0.05, 0.1) is 5.41 Å². The van der Waals surface area contributed by atoms with Crippen LogP contribution in [0.4, 0.5) is 0 Å². The predicted octanol–water partition coefficient (Wildman–Crippen LogP) is 0.754. The third-order valence-electron chi connectivity index (χ3n) is 5.14. The van der Waals surface area contributed by atoms with E-state index in [0.717, 1.165) is 6.54 Å². The van der Waals surface area contributed by atoms with Crippen LogP contribution in [0.3, 0.4) is 0 Å². The molecule has 0 spiro atoms. The zero-order valence-electron chi connectivity index (χ0n) is 17.3. The summed E-state index contributed by atoms with van der Waals surface area (Å²) in [4.78, 5) is 29.2. The SMILES string of the molecule is CC(CNC(=O)CC1(C(=O)NCC(C)N(C)C)CCNC1)N(C)C.Cl.Cl.Cl. The summed E-state index contributed by atoms with van der Waals surface area (Å²) in [7, 11) is 7.95. The van der Waals surface area contributed by atoms with Crippen LogP contribution >= 0.6 is 37.2 Å². The number of halogens is 3. The maximum absolute atomic E-state index is 12.7. The van der Waals surface area contributed by atoms with E-state index in [4.69, 9.17) is 0 Å². The van der Waals surface area contributed by atoms with E-state index < -0.39 is 5.41 Å². The zero-order valence-corrected chi connectivity index (χ0v) is 19.8. The molecule has 164 valence electrons. The molecule has 0 saturated carbocycles. The van der Waals surface area contributed by atoms with Crippen LogP contribution in [0.15, 0.2) is 0 Å². The number of nitrogens with one attached hydrogen (secondary N) is 3. The minimum Gasteiger partial charge on any atom is -0.355 e. The number of nitrogens with zero attached hydrogens (tertiary/aromatic N) is 2. The molecule has 0 aromatic rings. The average Bonchev–Trinajstić information content (AvgIpc) is 2.99. The van der Waals surface area contributed by atoms with Crippen molar-refractivity contribution in [1.29, 1.82) is 0 Å². The standard InChI is InChI=1S/C17H35N5O2.3ClH/c1-13(21(3)4)10-19-15(23)9-17(7-8-18-12-17)16(24)20-11-14(2)22(5)6;;;/h13-14,18H,7-12H2,1-6H3,(H,19,23)(H,20,24);3*1H. The Morgan fingerprint density at radius 1 is 0.963 bits per heavy atom. The Balaban J connectivity index is -0.00000192. The highest BCUT2D eigenvalue weighted by molar-refractivity contribution is 5.89. The van der Waals surface area contributed by atoms with Crippen molar-refractivity contribution in [2.75, 3.05) is 54.4 Å². The van der Waals surface area contributed by atoms with Gasteiger partial charge in [-0.25, -0.2) is 0 Å². The van der Waals surface area contributed by atoms with Crippen molar-refractivity contribution in [3.05, 3.63) is 0 Å². The molecule has 2 amide bonds. The van der Waals surface area contributed by atoms with E-state index >= 15 is 0 Å². The molecule has 1 aliphatic heterocycles. The minimum absolute atomic E-state index is 0. The first-order valence-corrected chi connectivity index (χ1v) is 8.76. The Labute approximate surface area is 183 Å². The fourth-order valence-electron chi connectivity index (χ4n) is 2.59. The molecule has 1 rings (SSSR count). The fourth-order valence-corrected chi connectivity index (χ4v) is 2.59. The van der Waals surface area contributed by atoms with E-state index in [1.165, 1.54) is 0 Å². The van der Waals surface area contributed by atoms with Crippen LogP contribution in [-0.2, 0) is 9.59 Å². The minimum atomic E-state index is -0.628. The average molecular weight is 451 g/mol. The van der Waals surface area contributed by atoms with Crippen LogP contribution in [0.5, 0.6) is 0 Å². The van der Waals surface area contributed by atoms with Gasteiger partial charge in [0.2, 0.25) is 11.8 Å². The van der Waals surface area contributed by atoms with Gasteiger partial charge in [0, 0.05) is 38.1 Å². The number of amides is 2. The van der Waals surface area contributed by atoms with E-state index in [1.807, 2.05) is 28.2 Å². The van der Waals surface area contributed by atoms with Crippen molar-refractivity contribution in [2.24, 2.45) is 5.41 Å². The number of rotatable bonds is 9. The van der Waals surface area contributed by atoms with Gasteiger partial charge in [0.1, 0.15) is 0 Å². The molecule has 1 fully saturated rings. The third kappa shape index (κ3) is 10.1. The predicted molar refractivity (Wildman–Crippen MR) is 119 cm³/mol. The van der Waals surface area contributed by atoms with Gasteiger partial charge in [0.25, 0.3) is 0 Å². The van der Waals surface area contributed by atoms with Crippen molar-refractivity contribution in [1.82, 2.24) is 25.8 Å². The molecular formula is C17H38Cl3N5O2.